The predicted octanol–water partition coefficient (Wildman–Crippen LogP) is 1.06. The Kier molecular flexibility index (Phi) is 3.53. The third kappa shape index (κ3) is 2.27. The summed E-state index contributed by atoms with van der Waals surface area (Å²) in [4.78, 5) is 26.2. The molecule has 2 saturated heterocycles. The lowest BCUT2D eigenvalue weighted by atomic mass is 9.74. The minimum atomic E-state index is -0.857. The van der Waals surface area contributed by atoms with Crippen LogP contribution in [0, 0.1) is 11.3 Å². The van der Waals surface area contributed by atoms with Crippen molar-refractivity contribution in [1.82, 2.24) is 15.1 Å². The molecule has 0 radical (unpaired) electrons. The van der Waals surface area contributed by atoms with Gasteiger partial charge in [0.1, 0.15) is 0 Å². The number of para-hydroxylation sites is 1. The molecule has 2 N–H and O–H groups in total. The molecule has 0 unspecified atom stereocenters. The number of amides is 1. The second kappa shape index (κ2) is 5.59. The average molecular weight is 329 g/mol. The van der Waals surface area contributed by atoms with Gasteiger partial charge in [-0.1, -0.05) is 18.2 Å². The maximum atomic E-state index is 12.7. The molecule has 24 heavy (non-hydrogen) atoms. The van der Waals surface area contributed by atoms with Crippen molar-refractivity contribution in [3.8, 4) is 0 Å². The Labute approximate surface area is 138 Å². The first-order valence-corrected chi connectivity index (χ1v) is 8.11. The van der Waals surface area contributed by atoms with Crippen molar-refractivity contribution < 1.29 is 19.4 Å². The Hall–Kier alpha value is -2.41. The molecule has 1 aromatic carbocycles. The summed E-state index contributed by atoms with van der Waals surface area (Å²) in [6, 6.07) is 7.63. The van der Waals surface area contributed by atoms with Crippen LogP contribution in [0.15, 0.2) is 24.3 Å². The van der Waals surface area contributed by atoms with E-state index in [4.69, 9.17) is 4.74 Å². The lowest BCUT2D eigenvalue weighted by Crippen LogP contribution is -2.45. The van der Waals surface area contributed by atoms with E-state index >= 15 is 0 Å². The minimum Gasteiger partial charge on any atom is -0.481 e. The van der Waals surface area contributed by atoms with Crippen LogP contribution in [-0.2, 0) is 20.7 Å². The van der Waals surface area contributed by atoms with Crippen LogP contribution in [0.2, 0.25) is 0 Å². The minimum absolute atomic E-state index is 0.0700. The lowest BCUT2D eigenvalue weighted by molar-refractivity contribution is -0.157. The van der Waals surface area contributed by atoms with Crippen molar-refractivity contribution >= 4 is 22.8 Å². The van der Waals surface area contributed by atoms with E-state index in [1.54, 1.807) is 4.90 Å². The number of fused-ring (bicyclic) bond motifs is 2. The average Bonchev–Trinajstić information content (AvgIpc) is 3.17. The molecule has 3 heterocycles. The van der Waals surface area contributed by atoms with Gasteiger partial charge in [-0.05, 0) is 12.5 Å². The van der Waals surface area contributed by atoms with Crippen LogP contribution in [0.5, 0.6) is 0 Å². The third-order valence-corrected chi connectivity index (χ3v) is 5.35. The number of rotatable bonds is 3. The van der Waals surface area contributed by atoms with Gasteiger partial charge in [-0.25, -0.2) is 0 Å². The van der Waals surface area contributed by atoms with E-state index in [1.807, 2.05) is 24.3 Å². The van der Waals surface area contributed by atoms with E-state index in [9.17, 15) is 14.7 Å². The van der Waals surface area contributed by atoms with Crippen LogP contribution in [0.3, 0.4) is 0 Å². The Balaban J connectivity index is 1.54. The van der Waals surface area contributed by atoms with Crippen molar-refractivity contribution in [1.29, 1.82) is 0 Å². The first-order chi connectivity index (χ1) is 11.6. The molecule has 2 aromatic rings. The molecule has 0 aliphatic carbocycles. The maximum Gasteiger partial charge on any atom is 0.311 e. The number of aromatic amines is 1. The molecule has 2 atom stereocenters. The number of hydrogen-bond acceptors (Lipinski definition) is 4. The van der Waals surface area contributed by atoms with Crippen molar-refractivity contribution in [3.63, 3.8) is 0 Å². The number of ether oxygens (including phenoxy) is 1. The number of benzene rings is 1. The number of carboxylic acids is 1. The van der Waals surface area contributed by atoms with E-state index < -0.39 is 11.4 Å². The molecule has 7 nitrogen and oxygen atoms in total. The third-order valence-electron chi connectivity index (χ3n) is 5.35. The van der Waals surface area contributed by atoms with Crippen LogP contribution in [-0.4, -0.2) is 58.4 Å². The van der Waals surface area contributed by atoms with Crippen molar-refractivity contribution in [2.45, 2.75) is 12.8 Å². The molecule has 4 rings (SSSR count). The first kappa shape index (κ1) is 15.1. The number of H-pyrrole nitrogens is 1. The summed E-state index contributed by atoms with van der Waals surface area (Å²) in [5, 5.41) is 17.7. The summed E-state index contributed by atoms with van der Waals surface area (Å²) in [7, 11) is 0. The SMILES string of the molecule is O=C(Cc1[nH]nc2ccccc12)N1C[C@H]2COCC[C@@]2(C(=O)O)C1. The van der Waals surface area contributed by atoms with Gasteiger partial charge in [0.15, 0.2) is 0 Å². The first-order valence-electron chi connectivity index (χ1n) is 8.11. The zero-order valence-corrected chi connectivity index (χ0v) is 13.2. The van der Waals surface area contributed by atoms with Gasteiger partial charge in [-0.2, -0.15) is 5.10 Å². The number of hydrogen-bond donors (Lipinski definition) is 2. The van der Waals surface area contributed by atoms with Gasteiger partial charge in [0.25, 0.3) is 0 Å². The lowest BCUT2D eigenvalue weighted by Gasteiger charge is -2.33. The van der Waals surface area contributed by atoms with E-state index in [2.05, 4.69) is 10.2 Å². The van der Waals surface area contributed by atoms with Gasteiger partial charge in [0.2, 0.25) is 5.91 Å². The van der Waals surface area contributed by atoms with Gasteiger partial charge in [-0.15, -0.1) is 0 Å². The fourth-order valence-corrected chi connectivity index (χ4v) is 3.90. The number of carbonyl (C=O) groups excluding carboxylic acids is 1. The highest BCUT2D eigenvalue weighted by atomic mass is 16.5. The molecular weight excluding hydrogens is 310 g/mol. The Morgan fingerprint density at radius 2 is 2.25 bits per heavy atom. The molecule has 2 aliphatic heterocycles. The van der Waals surface area contributed by atoms with Crippen LogP contribution in [0.25, 0.3) is 10.9 Å². The Bertz CT molecular complexity index is 802. The van der Waals surface area contributed by atoms with Gasteiger partial charge in [0.05, 0.1) is 29.7 Å². The maximum absolute atomic E-state index is 12.7. The highest BCUT2D eigenvalue weighted by molar-refractivity contribution is 5.88. The normalized spacial score (nSPS) is 26.5. The Morgan fingerprint density at radius 3 is 3.04 bits per heavy atom. The Morgan fingerprint density at radius 1 is 1.42 bits per heavy atom. The standard InChI is InChI=1S/C17H19N3O4/c21-15(7-14-12-3-1-2-4-13(12)18-19-14)20-8-11-9-24-6-5-17(11,10-20)16(22)23/h1-4,11H,5-10H2,(H,18,19)(H,22,23)/t11-,17+/m0/s1. The number of nitrogens with one attached hydrogen (secondary N) is 1. The van der Waals surface area contributed by atoms with Crippen LogP contribution < -0.4 is 0 Å². The highest BCUT2D eigenvalue weighted by Crippen LogP contribution is 2.42. The van der Waals surface area contributed by atoms with Gasteiger partial charge in [-0.3, -0.25) is 14.7 Å². The molecule has 0 saturated carbocycles. The van der Waals surface area contributed by atoms with Crippen molar-refractivity contribution in [2.75, 3.05) is 26.3 Å². The number of carbonyl (C=O) groups is 2. The fourth-order valence-electron chi connectivity index (χ4n) is 3.90. The number of carboxylic acid groups (broad SMARTS) is 1. The number of nitrogens with zero attached hydrogens (tertiary/aromatic N) is 2. The van der Waals surface area contributed by atoms with E-state index in [-0.39, 0.29) is 24.8 Å². The predicted molar refractivity (Wildman–Crippen MR) is 85.4 cm³/mol. The van der Waals surface area contributed by atoms with Gasteiger partial charge < -0.3 is 14.7 Å². The zero-order valence-electron chi connectivity index (χ0n) is 13.2. The molecular formula is C17H19N3O4. The topological polar surface area (TPSA) is 95.5 Å². The largest absolute Gasteiger partial charge is 0.481 e. The molecule has 0 bridgehead atoms. The molecule has 0 spiro atoms. The second-order valence-corrected chi connectivity index (χ2v) is 6.65. The summed E-state index contributed by atoms with van der Waals surface area (Å²) >= 11 is 0. The summed E-state index contributed by atoms with van der Waals surface area (Å²) in [6.45, 7) is 1.55. The van der Waals surface area contributed by atoms with Crippen molar-refractivity contribution in [2.24, 2.45) is 11.3 Å². The second-order valence-electron chi connectivity index (χ2n) is 6.65. The molecule has 7 heteroatoms. The highest BCUT2D eigenvalue weighted by Gasteiger charge is 2.54. The zero-order chi connectivity index (χ0) is 16.7. The molecule has 2 fully saturated rings. The smallest absolute Gasteiger partial charge is 0.311 e. The van der Waals surface area contributed by atoms with E-state index in [0.717, 1.165) is 16.6 Å². The summed E-state index contributed by atoms with van der Waals surface area (Å²) in [5.41, 5.74) is 0.737. The van der Waals surface area contributed by atoms with Crippen molar-refractivity contribution in [3.05, 3.63) is 30.0 Å². The number of aromatic nitrogens is 2. The number of likely N-dealkylation sites (tertiary alicyclic amines) is 1. The fraction of sp³-hybridized carbons (Fsp3) is 0.471. The molecule has 126 valence electrons. The van der Waals surface area contributed by atoms with E-state index in [0.29, 0.717) is 26.2 Å². The summed E-state index contributed by atoms with van der Waals surface area (Å²) in [5.74, 6) is -1.02. The quantitative estimate of drug-likeness (QED) is 0.878. The molecule has 1 aromatic heterocycles. The van der Waals surface area contributed by atoms with Crippen LogP contribution in [0.4, 0.5) is 0 Å². The number of aliphatic carboxylic acids is 1. The molecule has 2 aliphatic rings. The van der Waals surface area contributed by atoms with Crippen LogP contribution in [0.1, 0.15) is 12.1 Å². The summed E-state index contributed by atoms with van der Waals surface area (Å²) < 4.78 is 5.43. The van der Waals surface area contributed by atoms with Gasteiger partial charge in [0, 0.05) is 31.0 Å². The summed E-state index contributed by atoms with van der Waals surface area (Å²) in [6.07, 6.45) is 0.660. The monoisotopic (exact) mass is 329 g/mol. The van der Waals surface area contributed by atoms with Gasteiger partial charge >= 0.3 is 5.97 Å². The van der Waals surface area contributed by atoms with E-state index in [1.165, 1.54) is 0 Å². The van der Waals surface area contributed by atoms with Crippen LogP contribution >= 0.6 is 0 Å². The molecule has 1 amide bonds.